The highest BCUT2D eigenvalue weighted by atomic mass is 79.9. The van der Waals surface area contributed by atoms with Crippen LogP contribution in [0.15, 0.2) is 16.7 Å². The maximum absolute atomic E-state index is 13.2. The average Bonchev–Trinajstić information content (AvgIpc) is 2.15. The minimum Gasteiger partial charge on any atom is -0.385 e. The van der Waals surface area contributed by atoms with Crippen molar-refractivity contribution in [2.75, 3.05) is 25.6 Å². The van der Waals surface area contributed by atoms with Gasteiger partial charge in [-0.05, 0) is 28.4 Å². The van der Waals surface area contributed by atoms with Gasteiger partial charge >= 0.3 is 0 Å². The first-order valence-electron chi connectivity index (χ1n) is 4.28. The first-order chi connectivity index (χ1) is 6.74. The Labute approximate surface area is 90.8 Å². The van der Waals surface area contributed by atoms with E-state index in [1.165, 1.54) is 6.07 Å². The van der Waals surface area contributed by atoms with Crippen molar-refractivity contribution in [1.82, 2.24) is 4.98 Å². The van der Waals surface area contributed by atoms with Gasteiger partial charge in [0.25, 0.3) is 0 Å². The van der Waals surface area contributed by atoms with E-state index in [9.17, 15) is 4.39 Å². The molecule has 5 heteroatoms. The van der Waals surface area contributed by atoms with E-state index in [4.69, 9.17) is 4.74 Å². The van der Waals surface area contributed by atoms with Crippen LogP contribution in [-0.4, -0.2) is 25.2 Å². The topological polar surface area (TPSA) is 34.1 Å². The van der Waals surface area contributed by atoms with Crippen LogP contribution in [0.25, 0.3) is 0 Å². The van der Waals surface area contributed by atoms with Crippen LogP contribution in [0.2, 0.25) is 0 Å². The Bertz CT molecular complexity index is 296. The summed E-state index contributed by atoms with van der Waals surface area (Å²) in [5.74, 6) is -0.0684. The Balaban J connectivity index is 2.42. The number of methoxy groups -OCH3 is 1. The molecule has 0 bridgehead atoms. The number of rotatable bonds is 5. The Morgan fingerprint density at radius 3 is 3.07 bits per heavy atom. The molecule has 0 radical (unpaired) electrons. The van der Waals surface area contributed by atoms with E-state index in [1.54, 1.807) is 13.3 Å². The lowest BCUT2D eigenvalue weighted by atomic mass is 10.4. The van der Waals surface area contributed by atoms with Gasteiger partial charge in [0.15, 0.2) is 11.6 Å². The van der Waals surface area contributed by atoms with Crippen LogP contribution < -0.4 is 5.32 Å². The van der Waals surface area contributed by atoms with Crippen LogP contribution in [0.5, 0.6) is 0 Å². The van der Waals surface area contributed by atoms with Crippen LogP contribution in [0.4, 0.5) is 10.2 Å². The standard InChI is InChI=1S/C9H12BrFN2O/c1-14-4-2-3-12-9-8(11)5-7(10)6-13-9/h5-6H,2-4H2,1H3,(H,12,13). The zero-order valence-electron chi connectivity index (χ0n) is 7.89. The van der Waals surface area contributed by atoms with E-state index in [2.05, 4.69) is 26.2 Å². The number of hydrogen-bond acceptors (Lipinski definition) is 3. The summed E-state index contributed by atoms with van der Waals surface area (Å²) in [7, 11) is 1.64. The van der Waals surface area contributed by atoms with Crippen LogP contribution >= 0.6 is 15.9 Å². The summed E-state index contributed by atoms with van der Waals surface area (Å²) < 4.78 is 18.7. The number of halogens is 2. The molecule has 1 aromatic rings. The lowest BCUT2D eigenvalue weighted by Gasteiger charge is -2.05. The van der Waals surface area contributed by atoms with Crippen LogP contribution in [-0.2, 0) is 4.74 Å². The highest BCUT2D eigenvalue weighted by Crippen LogP contribution is 2.15. The van der Waals surface area contributed by atoms with Crippen molar-refractivity contribution in [2.24, 2.45) is 0 Å². The van der Waals surface area contributed by atoms with Gasteiger partial charge in [0.1, 0.15) is 0 Å². The van der Waals surface area contributed by atoms with E-state index in [0.29, 0.717) is 17.6 Å². The van der Waals surface area contributed by atoms with Gasteiger partial charge in [-0.1, -0.05) is 0 Å². The van der Waals surface area contributed by atoms with Crippen molar-refractivity contribution in [3.8, 4) is 0 Å². The fraction of sp³-hybridized carbons (Fsp3) is 0.444. The Morgan fingerprint density at radius 1 is 1.64 bits per heavy atom. The summed E-state index contributed by atoms with van der Waals surface area (Å²) in [6.07, 6.45) is 2.38. The van der Waals surface area contributed by atoms with Crippen LogP contribution in [0, 0.1) is 5.82 Å². The van der Waals surface area contributed by atoms with Gasteiger partial charge in [-0.2, -0.15) is 0 Å². The minimum atomic E-state index is -0.350. The Hall–Kier alpha value is -0.680. The fourth-order valence-corrected chi connectivity index (χ4v) is 1.27. The number of anilines is 1. The summed E-state index contributed by atoms with van der Waals surface area (Å²) in [5.41, 5.74) is 0. The Morgan fingerprint density at radius 2 is 2.43 bits per heavy atom. The third kappa shape index (κ3) is 3.59. The highest BCUT2D eigenvalue weighted by molar-refractivity contribution is 9.10. The van der Waals surface area contributed by atoms with Gasteiger partial charge in [-0.25, -0.2) is 9.37 Å². The highest BCUT2D eigenvalue weighted by Gasteiger charge is 2.02. The molecule has 0 saturated carbocycles. The van der Waals surface area contributed by atoms with Crippen LogP contribution in [0.3, 0.4) is 0 Å². The van der Waals surface area contributed by atoms with Gasteiger partial charge in [0.05, 0.1) is 0 Å². The molecule has 0 fully saturated rings. The molecule has 3 nitrogen and oxygen atoms in total. The monoisotopic (exact) mass is 262 g/mol. The zero-order valence-corrected chi connectivity index (χ0v) is 9.47. The zero-order chi connectivity index (χ0) is 10.4. The quantitative estimate of drug-likeness (QED) is 0.828. The number of aromatic nitrogens is 1. The fourth-order valence-electron chi connectivity index (χ4n) is 0.968. The number of pyridine rings is 1. The lowest BCUT2D eigenvalue weighted by Crippen LogP contribution is -2.07. The molecule has 0 aromatic carbocycles. The maximum atomic E-state index is 13.2. The first kappa shape index (κ1) is 11.4. The molecule has 1 aromatic heterocycles. The van der Waals surface area contributed by atoms with E-state index >= 15 is 0 Å². The molecule has 0 unspecified atom stereocenters. The molecule has 0 spiro atoms. The second kappa shape index (κ2) is 5.93. The van der Waals surface area contributed by atoms with E-state index in [-0.39, 0.29) is 11.6 Å². The molecule has 0 aliphatic heterocycles. The third-order valence-corrected chi connectivity index (χ3v) is 2.06. The number of nitrogens with one attached hydrogen (secondary N) is 1. The third-order valence-electron chi connectivity index (χ3n) is 1.63. The van der Waals surface area contributed by atoms with Crippen molar-refractivity contribution >= 4 is 21.7 Å². The predicted molar refractivity (Wildman–Crippen MR) is 56.9 cm³/mol. The summed E-state index contributed by atoms with van der Waals surface area (Å²) >= 11 is 3.14. The first-order valence-corrected chi connectivity index (χ1v) is 5.07. The minimum absolute atomic E-state index is 0.282. The van der Waals surface area contributed by atoms with Crippen molar-refractivity contribution in [3.05, 3.63) is 22.6 Å². The molecule has 0 aliphatic carbocycles. The number of hydrogen-bond donors (Lipinski definition) is 1. The smallest absolute Gasteiger partial charge is 0.166 e. The average molecular weight is 263 g/mol. The lowest BCUT2D eigenvalue weighted by molar-refractivity contribution is 0.197. The van der Waals surface area contributed by atoms with Crippen molar-refractivity contribution in [1.29, 1.82) is 0 Å². The molecular weight excluding hydrogens is 251 g/mol. The molecule has 0 aliphatic rings. The summed E-state index contributed by atoms with van der Waals surface area (Å²) in [6, 6.07) is 1.38. The summed E-state index contributed by atoms with van der Waals surface area (Å²) in [5, 5.41) is 2.89. The molecule has 14 heavy (non-hydrogen) atoms. The van der Waals surface area contributed by atoms with Crippen molar-refractivity contribution in [3.63, 3.8) is 0 Å². The van der Waals surface area contributed by atoms with Gasteiger partial charge in [0.2, 0.25) is 0 Å². The Kier molecular flexibility index (Phi) is 4.82. The SMILES string of the molecule is COCCCNc1ncc(Br)cc1F. The van der Waals surface area contributed by atoms with Gasteiger partial charge in [-0.15, -0.1) is 0 Å². The normalized spacial score (nSPS) is 10.2. The largest absolute Gasteiger partial charge is 0.385 e. The van der Waals surface area contributed by atoms with Crippen molar-refractivity contribution in [2.45, 2.75) is 6.42 Å². The summed E-state index contributed by atoms with van der Waals surface area (Å²) in [6.45, 7) is 1.31. The van der Waals surface area contributed by atoms with E-state index in [0.717, 1.165) is 6.42 Å². The van der Waals surface area contributed by atoms with Crippen molar-refractivity contribution < 1.29 is 9.13 Å². The molecular formula is C9H12BrFN2O. The van der Waals surface area contributed by atoms with Gasteiger partial charge in [-0.3, -0.25) is 0 Å². The molecule has 1 N–H and O–H groups in total. The molecule has 78 valence electrons. The molecule has 0 amide bonds. The molecule has 0 saturated heterocycles. The number of nitrogens with zero attached hydrogens (tertiary/aromatic N) is 1. The molecule has 1 rings (SSSR count). The maximum Gasteiger partial charge on any atom is 0.166 e. The molecule has 1 heterocycles. The molecule has 0 atom stereocenters. The van der Waals surface area contributed by atoms with Crippen LogP contribution in [0.1, 0.15) is 6.42 Å². The predicted octanol–water partition coefficient (Wildman–Crippen LogP) is 2.43. The summed E-state index contributed by atoms with van der Waals surface area (Å²) in [4.78, 5) is 3.90. The van der Waals surface area contributed by atoms with Gasteiger partial charge < -0.3 is 10.1 Å². The van der Waals surface area contributed by atoms with E-state index in [1.807, 2.05) is 0 Å². The van der Waals surface area contributed by atoms with Gasteiger partial charge in [0, 0.05) is 30.9 Å². The van der Waals surface area contributed by atoms with E-state index < -0.39 is 0 Å². The second-order valence-electron chi connectivity index (χ2n) is 2.76. The second-order valence-corrected chi connectivity index (χ2v) is 3.67. The number of ether oxygens (including phenoxy) is 1.